The van der Waals surface area contributed by atoms with E-state index in [2.05, 4.69) is 25.9 Å². The van der Waals surface area contributed by atoms with Gasteiger partial charge in [-0.3, -0.25) is 5.43 Å². The third kappa shape index (κ3) is 3.73. The maximum absolute atomic E-state index is 11.7. The van der Waals surface area contributed by atoms with Crippen LogP contribution < -0.4 is 22.3 Å². The molecule has 120 valence electrons. The molecule has 0 fully saturated rings. The molecule has 0 spiro atoms. The molecule has 2 aromatic rings. The molecule has 10 heteroatoms. The lowest BCUT2D eigenvalue weighted by Gasteiger charge is -2.20. The molecule has 0 aliphatic heterocycles. The van der Waals surface area contributed by atoms with E-state index >= 15 is 0 Å². The number of hydrogen-bond acceptors (Lipinski definition) is 8. The highest BCUT2D eigenvalue weighted by Gasteiger charge is 2.17. The van der Waals surface area contributed by atoms with E-state index in [1.54, 1.807) is 31.6 Å². The molecule has 0 aliphatic carbocycles. The van der Waals surface area contributed by atoms with Crippen molar-refractivity contribution in [3.8, 4) is 0 Å². The van der Waals surface area contributed by atoms with Crippen LogP contribution in [0, 0.1) is 0 Å². The first-order valence-corrected chi connectivity index (χ1v) is 6.74. The maximum atomic E-state index is 11.7. The zero-order chi connectivity index (χ0) is 16.3. The maximum Gasteiger partial charge on any atom is 0.426 e. The number of nitrogens with one attached hydrogen (secondary N) is 2. The fourth-order valence-corrected chi connectivity index (χ4v) is 1.77. The van der Waals surface area contributed by atoms with Crippen molar-refractivity contribution in [2.75, 3.05) is 17.7 Å². The summed E-state index contributed by atoms with van der Waals surface area (Å²) < 4.78 is 6.74. The van der Waals surface area contributed by atoms with Crippen molar-refractivity contribution in [3.05, 3.63) is 6.20 Å². The number of hydrazine groups is 1. The van der Waals surface area contributed by atoms with Crippen LogP contribution in [0.1, 0.15) is 20.8 Å². The van der Waals surface area contributed by atoms with E-state index in [9.17, 15) is 4.79 Å². The van der Waals surface area contributed by atoms with Crippen molar-refractivity contribution in [2.24, 2.45) is 5.73 Å². The molecule has 2 rings (SSSR count). The number of hydrogen-bond donors (Lipinski definition) is 4. The number of rotatable bonds is 4. The number of fused-ring (bicyclic) bond motifs is 1. The molecule has 6 N–H and O–H groups in total. The molecule has 2 heterocycles. The van der Waals surface area contributed by atoms with E-state index in [1.807, 2.05) is 0 Å². The van der Waals surface area contributed by atoms with Crippen molar-refractivity contribution in [2.45, 2.75) is 32.9 Å². The van der Waals surface area contributed by atoms with Crippen molar-refractivity contribution >= 4 is 28.9 Å². The van der Waals surface area contributed by atoms with Crippen LogP contribution in [0.25, 0.3) is 11.0 Å². The number of aromatic nitrogens is 4. The second kappa shape index (κ2) is 6.02. The number of ether oxygens (including phenoxy) is 1. The SMILES string of the molecule is CC(C)(C)OC(=O)NNc1nc(N)nc2c1cnn2CCN. The first-order chi connectivity index (χ1) is 10.3. The first-order valence-electron chi connectivity index (χ1n) is 6.74. The molecule has 10 nitrogen and oxygen atoms in total. The molecule has 1 amide bonds. The fraction of sp³-hybridized carbons (Fsp3) is 0.500. The highest BCUT2D eigenvalue weighted by Crippen LogP contribution is 2.20. The van der Waals surface area contributed by atoms with Crippen LogP contribution in [0.5, 0.6) is 0 Å². The van der Waals surface area contributed by atoms with Gasteiger partial charge in [0.1, 0.15) is 5.60 Å². The van der Waals surface area contributed by atoms with Gasteiger partial charge in [-0.1, -0.05) is 0 Å². The predicted molar refractivity (Wildman–Crippen MR) is 81.8 cm³/mol. The highest BCUT2D eigenvalue weighted by atomic mass is 16.6. The lowest BCUT2D eigenvalue weighted by Crippen LogP contribution is -2.36. The monoisotopic (exact) mass is 308 g/mol. The quantitative estimate of drug-likeness (QED) is 0.587. The first kappa shape index (κ1) is 15.8. The summed E-state index contributed by atoms with van der Waals surface area (Å²) in [4.78, 5) is 19.8. The summed E-state index contributed by atoms with van der Waals surface area (Å²) in [7, 11) is 0. The molecule has 0 atom stereocenters. The van der Waals surface area contributed by atoms with E-state index < -0.39 is 11.7 Å². The van der Waals surface area contributed by atoms with Crippen molar-refractivity contribution in [1.82, 2.24) is 25.2 Å². The van der Waals surface area contributed by atoms with Gasteiger partial charge >= 0.3 is 6.09 Å². The number of nitrogens with two attached hydrogens (primary N) is 2. The second-order valence-corrected chi connectivity index (χ2v) is 5.58. The van der Waals surface area contributed by atoms with E-state index in [4.69, 9.17) is 16.2 Å². The summed E-state index contributed by atoms with van der Waals surface area (Å²) in [6.45, 7) is 6.22. The number of nitrogens with zero attached hydrogens (tertiary/aromatic N) is 4. The molecule has 0 radical (unpaired) electrons. The van der Waals surface area contributed by atoms with Gasteiger partial charge in [-0.15, -0.1) is 0 Å². The minimum atomic E-state index is -0.632. The smallest absolute Gasteiger partial charge is 0.426 e. The third-order valence-corrected chi connectivity index (χ3v) is 2.54. The normalized spacial score (nSPS) is 11.5. The van der Waals surface area contributed by atoms with Crippen LogP contribution in [0.15, 0.2) is 6.20 Å². The molecular formula is C12H20N8O2. The molecule has 0 bridgehead atoms. The van der Waals surface area contributed by atoms with E-state index in [0.29, 0.717) is 29.9 Å². The highest BCUT2D eigenvalue weighted by molar-refractivity contribution is 5.88. The molecule has 0 aromatic carbocycles. The summed E-state index contributed by atoms with van der Waals surface area (Å²) >= 11 is 0. The summed E-state index contributed by atoms with van der Waals surface area (Å²) in [5.74, 6) is 0.386. The van der Waals surface area contributed by atoms with Crippen LogP contribution in [0.3, 0.4) is 0 Å². The number of anilines is 2. The summed E-state index contributed by atoms with van der Waals surface area (Å²) in [6.07, 6.45) is 0.941. The van der Waals surface area contributed by atoms with Gasteiger partial charge in [-0.05, 0) is 20.8 Å². The Labute approximate surface area is 127 Å². The average Bonchev–Trinajstić information content (AvgIpc) is 2.78. The Morgan fingerprint density at radius 1 is 1.41 bits per heavy atom. The fourth-order valence-electron chi connectivity index (χ4n) is 1.77. The van der Waals surface area contributed by atoms with E-state index in [-0.39, 0.29) is 5.95 Å². The van der Waals surface area contributed by atoms with Crippen LogP contribution in [0.2, 0.25) is 0 Å². The molecule has 0 saturated heterocycles. The molecule has 22 heavy (non-hydrogen) atoms. The van der Waals surface area contributed by atoms with Crippen LogP contribution in [0.4, 0.5) is 16.6 Å². The van der Waals surface area contributed by atoms with Gasteiger partial charge in [0.25, 0.3) is 0 Å². The summed E-state index contributed by atoms with van der Waals surface area (Å²) in [6, 6.07) is 0. The Kier molecular flexibility index (Phi) is 4.31. The Morgan fingerprint density at radius 2 is 2.14 bits per heavy atom. The summed E-state index contributed by atoms with van der Waals surface area (Å²) in [5.41, 5.74) is 16.2. The molecular weight excluding hydrogens is 288 g/mol. The lowest BCUT2D eigenvalue weighted by atomic mass is 10.2. The second-order valence-electron chi connectivity index (χ2n) is 5.58. The van der Waals surface area contributed by atoms with Crippen molar-refractivity contribution in [1.29, 1.82) is 0 Å². The average molecular weight is 308 g/mol. The lowest BCUT2D eigenvalue weighted by molar-refractivity contribution is 0.0541. The van der Waals surface area contributed by atoms with E-state index in [0.717, 1.165) is 0 Å². The zero-order valence-electron chi connectivity index (χ0n) is 12.8. The zero-order valence-corrected chi connectivity index (χ0v) is 12.8. The van der Waals surface area contributed by atoms with Crippen LogP contribution in [-0.4, -0.2) is 38.0 Å². The number of nitrogen functional groups attached to an aromatic ring is 1. The molecule has 0 aliphatic rings. The van der Waals surface area contributed by atoms with Crippen molar-refractivity contribution < 1.29 is 9.53 Å². The van der Waals surface area contributed by atoms with Gasteiger partial charge in [0, 0.05) is 6.54 Å². The molecule has 0 saturated carbocycles. The largest absolute Gasteiger partial charge is 0.443 e. The Hall–Kier alpha value is -2.62. The number of amides is 1. The Balaban J connectivity index is 2.19. The Morgan fingerprint density at radius 3 is 2.77 bits per heavy atom. The van der Waals surface area contributed by atoms with Gasteiger partial charge < -0.3 is 16.2 Å². The minimum absolute atomic E-state index is 0.0553. The van der Waals surface area contributed by atoms with Gasteiger partial charge in [0.05, 0.1) is 18.1 Å². The van der Waals surface area contributed by atoms with Gasteiger partial charge in [-0.2, -0.15) is 15.1 Å². The van der Waals surface area contributed by atoms with Crippen molar-refractivity contribution in [3.63, 3.8) is 0 Å². The van der Waals surface area contributed by atoms with Crippen LogP contribution >= 0.6 is 0 Å². The van der Waals surface area contributed by atoms with Crippen LogP contribution in [-0.2, 0) is 11.3 Å². The number of carbonyl (C=O) groups is 1. The third-order valence-electron chi connectivity index (χ3n) is 2.54. The van der Waals surface area contributed by atoms with E-state index in [1.165, 1.54) is 0 Å². The standard InChI is InChI=1S/C12H20N8O2/c1-12(2,3)22-11(21)19-18-8-7-6-15-20(5-4-13)9(7)17-10(14)16-8/h6H,4-5,13H2,1-3H3,(H,19,21)(H3,14,16,17,18). The molecule has 2 aromatic heterocycles. The Bertz CT molecular complexity index is 676. The predicted octanol–water partition coefficient (Wildman–Crippen LogP) is 0.219. The molecule has 0 unspecified atom stereocenters. The van der Waals surface area contributed by atoms with Gasteiger partial charge in [-0.25, -0.2) is 14.9 Å². The topological polar surface area (TPSA) is 146 Å². The summed E-state index contributed by atoms with van der Waals surface area (Å²) in [5, 5.41) is 4.78. The van der Waals surface area contributed by atoms with Gasteiger partial charge in [0.2, 0.25) is 5.95 Å². The minimum Gasteiger partial charge on any atom is -0.443 e. The number of carbonyl (C=O) groups excluding carboxylic acids is 1. The van der Waals surface area contributed by atoms with Gasteiger partial charge in [0.15, 0.2) is 11.5 Å².